The topological polar surface area (TPSA) is 76.9 Å². The van der Waals surface area contributed by atoms with Gasteiger partial charge in [-0.2, -0.15) is 18.2 Å². The lowest BCUT2D eigenvalue weighted by Crippen LogP contribution is -2.17. The van der Waals surface area contributed by atoms with E-state index in [1.165, 1.54) is 6.07 Å². The Balaban J connectivity index is 1.71. The number of anilines is 3. The number of halogens is 3. The van der Waals surface area contributed by atoms with Crippen LogP contribution in [0.25, 0.3) is 5.69 Å². The number of benzene rings is 1. The molecule has 0 spiro atoms. The van der Waals surface area contributed by atoms with Crippen LogP contribution in [0.4, 0.5) is 30.6 Å². The average Bonchev–Trinajstić information content (AvgIpc) is 3.07. The van der Waals surface area contributed by atoms with Crippen molar-refractivity contribution in [1.29, 1.82) is 0 Å². The molecule has 10 heteroatoms. The summed E-state index contributed by atoms with van der Waals surface area (Å²) in [5, 5.41) is 5.90. The van der Waals surface area contributed by atoms with Gasteiger partial charge in [-0.05, 0) is 31.2 Å². The molecular weight excluding hydrogens is 373 g/mol. The first-order valence-electron chi connectivity index (χ1n) is 8.41. The summed E-state index contributed by atoms with van der Waals surface area (Å²) < 4.78 is 43.3. The lowest BCUT2D eigenvalue weighted by Gasteiger charge is -2.11. The van der Waals surface area contributed by atoms with Gasteiger partial charge in [0.2, 0.25) is 5.95 Å². The van der Waals surface area contributed by atoms with Crippen molar-refractivity contribution in [2.45, 2.75) is 19.7 Å². The highest BCUT2D eigenvalue weighted by Crippen LogP contribution is 2.20. The van der Waals surface area contributed by atoms with E-state index in [2.05, 4.69) is 30.3 Å². The highest BCUT2D eigenvalue weighted by molar-refractivity contribution is 5.57. The van der Waals surface area contributed by atoms with Crippen LogP contribution in [0.3, 0.4) is 0 Å². The summed E-state index contributed by atoms with van der Waals surface area (Å²) in [4.78, 5) is 12.7. The van der Waals surface area contributed by atoms with Crippen LogP contribution in [0.1, 0.15) is 11.4 Å². The SMILES string of the molecule is CNc1cc(COCC(F)(F)F)nc(Nc2ccc(-n3cnc(C)c3)cc2)n1. The molecule has 0 fully saturated rings. The minimum absolute atomic E-state index is 0.253. The van der Waals surface area contributed by atoms with Gasteiger partial charge in [-0.15, -0.1) is 0 Å². The number of rotatable bonds is 7. The molecule has 1 aromatic carbocycles. The average molecular weight is 392 g/mol. The number of nitrogens with zero attached hydrogens (tertiary/aromatic N) is 4. The third kappa shape index (κ3) is 5.43. The van der Waals surface area contributed by atoms with Crippen LogP contribution in [0, 0.1) is 6.92 Å². The van der Waals surface area contributed by atoms with Crippen LogP contribution in [0.2, 0.25) is 0 Å². The molecule has 0 aliphatic rings. The fraction of sp³-hybridized carbons (Fsp3) is 0.278. The van der Waals surface area contributed by atoms with Crippen LogP contribution in [-0.2, 0) is 11.3 Å². The normalized spacial score (nSPS) is 11.5. The van der Waals surface area contributed by atoms with Crippen LogP contribution < -0.4 is 10.6 Å². The summed E-state index contributed by atoms with van der Waals surface area (Å²) in [6.07, 6.45) is -0.741. The Bertz CT molecular complexity index is 924. The number of aromatic nitrogens is 4. The minimum Gasteiger partial charge on any atom is -0.373 e. The monoisotopic (exact) mass is 392 g/mol. The molecule has 0 saturated heterocycles. The van der Waals surface area contributed by atoms with Crippen molar-refractivity contribution in [3.05, 3.63) is 54.2 Å². The van der Waals surface area contributed by atoms with E-state index in [9.17, 15) is 13.2 Å². The third-order valence-electron chi connectivity index (χ3n) is 3.68. The number of aryl methyl sites for hydroxylation is 1. The largest absolute Gasteiger partial charge is 0.411 e. The van der Waals surface area contributed by atoms with Crippen LogP contribution in [0.5, 0.6) is 0 Å². The number of imidazole rings is 1. The molecule has 0 bridgehead atoms. The first-order valence-corrected chi connectivity index (χ1v) is 8.41. The summed E-state index contributed by atoms with van der Waals surface area (Å²) >= 11 is 0. The number of nitrogens with one attached hydrogen (secondary N) is 2. The Morgan fingerprint density at radius 2 is 1.89 bits per heavy atom. The Labute approximate surface area is 159 Å². The standard InChI is InChI=1S/C18H19F3N6O/c1-12-8-27(11-23-12)15-5-3-13(4-6-15)24-17-25-14(7-16(22-2)26-17)9-28-10-18(19,20)21/h3-8,11H,9-10H2,1-2H3,(H2,22,24,25,26). The number of ether oxygens (including phenoxy) is 1. The van der Waals surface area contributed by atoms with Crippen molar-refractivity contribution in [3.63, 3.8) is 0 Å². The molecule has 0 radical (unpaired) electrons. The highest BCUT2D eigenvalue weighted by Gasteiger charge is 2.27. The zero-order valence-corrected chi connectivity index (χ0v) is 15.3. The van der Waals surface area contributed by atoms with Crippen molar-refractivity contribution < 1.29 is 17.9 Å². The Kier molecular flexibility index (Phi) is 5.78. The fourth-order valence-electron chi connectivity index (χ4n) is 2.44. The fourth-order valence-corrected chi connectivity index (χ4v) is 2.44. The van der Waals surface area contributed by atoms with Gasteiger partial charge in [-0.25, -0.2) is 9.97 Å². The Morgan fingerprint density at radius 3 is 2.50 bits per heavy atom. The maximum Gasteiger partial charge on any atom is 0.411 e. The van der Waals surface area contributed by atoms with Gasteiger partial charge in [-0.1, -0.05) is 0 Å². The smallest absolute Gasteiger partial charge is 0.373 e. The number of hydrogen-bond acceptors (Lipinski definition) is 6. The van der Waals surface area contributed by atoms with E-state index in [-0.39, 0.29) is 12.6 Å². The molecule has 2 aromatic heterocycles. The predicted octanol–water partition coefficient (Wildman–Crippen LogP) is 3.83. The predicted molar refractivity (Wildman–Crippen MR) is 98.9 cm³/mol. The molecule has 0 atom stereocenters. The molecule has 3 rings (SSSR count). The van der Waals surface area contributed by atoms with Crippen LogP contribution in [0.15, 0.2) is 42.9 Å². The minimum atomic E-state index is -4.38. The molecule has 2 heterocycles. The molecule has 148 valence electrons. The number of alkyl halides is 3. The van der Waals surface area contributed by atoms with E-state index >= 15 is 0 Å². The van der Waals surface area contributed by atoms with Gasteiger partial charge >= 0.3 is 6.18 Å². The maximum atomic E-state index is 12.2. The summed E-state index contributed by atoms with van der Waals surface area (Å²) in [5.41, 5.74) is 2.92. The summed E-state index contributed by atoms with van der Waals surface area (Å²) in [7, 11) is 1.66. The maximum absolute atomic E-state index is 12.2. The van der Waals surface area contributed by atoms with Gasteiger partial charge in [0.05, 0.1) is 24.3 Å². The van der Waals surface area contributed by atoms with Gasteiger partial charge < -0.3 is 19.9 Å². The van der Waals surface area contributed by atoms with Crippen molar-refractivity contribution >= 4 is 17.5 Å². The third-order valence-corrected chi connectivity index (χ3v) is 3.68. The van der Waals surface area contributed by atoms with Gasteiger partial charge in [0.25, 0.3) is 0 Å². The molecule has 2 N–H and O–H groups in total. The zero-order valence-electron chi connectivity index (χ0n) is 15.3. The second-order valence-corrected chi connectivity index (χ2v) is 6.02. The molecular formula is C18H19F3N6O. The Morgan fingerprint density at radius 1 is 1.14 bits per heavy atom. The second kappa shape index (κ2) is 8.26. The van der Waals surface area contributed by atoms with Gasteiger partial charge in [0.1, 0.15) is 12.4 Å². The summed E-state index contributed by atoms with van der Waals surface area (Å²) in [6.45, 7) is 0.308. The summed E-state index contributed by atoms with van der Waals surface area (Å²) in [6, 6.07) is 9.03. The summed E-state index contributed by atoms with van der Waals surface area (Å²) in [5.74, 6) is 0.720. The van der Waals surface area contributed by atoms with E-state index in [0.717, 1.165) is 17.1 Å². The van der Waals surface area contributed by atoms with Crippen molar-refractivity contribution in [3.8, 4) is 5.69 Å². The molecule has 0 saturated carbocycles. The van der Waals surface area contributed by atoms with E-state index in [1.54, 1.807) is 13.4 Å². The molecule has 0 unspecified atom stereocenters. The van der Waals surface area contributed by atoms with E-state index in [4.69, 9.17) is 0 Å². The molecule has 7 nitrogen and oxygen atoms in total. The van der Waals surface area contributed by atoms with E-state index in [1.807, 2.05) is 42.0 Å². The molecule has 3 aromatic rings. The second-order valence-electron chi connectivity index (χ2n) is 6.02. The highest BCUT2D eigenvalue weighted by atomic mass is 19.4. The van der Waals surface area contributed by atoms with Crippen LogP contribution in [-0.4, -0.2) is 39.3 Å². The van der Waals surface area contributed by atoms with Crippen LogP contribution >= 0.6 is 0 Å². The quantitative estimate of drug-likeness (QED) is 0.636. The number of hydrogen-bond donors (Lipinski definition) is 2. The molecule has 28 heavy (non-hydrogen) atoms. The molecule has 0 amide bonds. The van der Waals surface area contributed by atoms with Gasteiger partial charge in [0, 0.05) is 30.7 Å². The molecule has 0 aliphatic heterocycles. The first-order chi connectivity index (χ1) is 13.3. The molecule has 0 aliphatic carbocycles. The Hall–Kier alpha value is -3.14. The zero-order chi connectivity index (χ0) is 20.1. The van der Waals surface area contributed by atoms with Crippen molar-refractivity contribution in [2.75, 3.05) is 24.3 Å². The van der Waals surface area contributed by atoms with Crippen molar-refractivity contribution in [1.82, 2.24) is 19.5 Å². The lowest BCUT2D eigenvalue weighted by atomic mass is 10.3. The van der Waals surface area contributed by atoms with Gasteiger partial charge in [0.15, 0.2) is 0 Å². The van der Waals surface area contributed by atoms with E-state index < -0.39 is 12.8 Å². The first kappa shape index (κ1) is 19.6. The lowest BCUT2D eigenvalue weighted by molar-refractivity contribution is -0.176. The van der Waals surface area contributed by atoms with Crippen molar-refractivity contribution in [2.24, 2.45) is 0 Å². The van der Waals surface area contributed by atoms with E-state index in [0.29, 0.717) is 11.5 Å². The van der Waals surface area contributed by atoms with Gasteiger partial charge in [-0.3, -0.25) is 0 Å².